The van der Waals surface area contributed by atoms with Crippen molar-refractivity contribution in [1.29, 1.82) is 0 Å². The zero-order chi connectivity index (χ0) is 38.1. The van der Waals surface area contributed by atoms with Crippen molar-refractivity contribution >= 4 is 5.97 Å². The molecule has 14 nitrogen and oxygen atoms in total. The fraction of sp³-hybridized carbons (Fsp3) is 0.974. The van der Waals surface area contributed by atoms with Crippen molar-refractivity contribution < 1.29 is 69.0 Å². The second kappa shape index (κ2) is 28.4. The molecule has 52 heavy (non-hydrogen) atoms. The van der Waals surface area contributed by atoms with Crippen LogP contribution in [-0.4, -0.2) is 142 Å². The molecule has 2 saturated heterocycles. The van der Waals surface area contributed by atoms with Gasteiger partial charge in [0.15, 0.2) is 12.6 Å². The van der Waals surface area contributed by atoms with E-state index in [9.17, 15) is 40.5 Å². The lowest BCUT2D eigenvalue weighted by molar-refractivity contribution is -0.332. The summed E-state index contributed by atoms with van der Waals surface area (Å²) >= 11 is 0. The Morgan fingerprint density at radius 1 is 0.558 bits per heavy atom. The molecular weight excluding hydrogens is 680 g/mol. The Balaban J connectivity index is 1.70. The maximum absolute atomic E-state index is 12.4. The van der Waals surface area contributed by atoms with Gasteiger partial charge in [-0.2, -0.15) is 0 Å². The van der Waals surface area contributed by atoms with Crippen LogP contribution in [0.1, 0.15) is 136 Å². The Bertz CT molecular complexity index is 881. The Hall–Kier alpha value is -1.01. The molecule has 0 aromatic heterocycles. The average Bonchev–Trinajstić information content (AvgIpc) is 3.14. The quantitative estimate of drug-likeness (QED) is 0.0415. The number of aliphatic hydroxyl groups is 7. The first-order chi connectivity index (χ1) is 25.1. The van der Waals surface area contributed by atoms with Gasteiger partial charge in [0, 0.05) is 13.0 Å². The standard InChI is InChI=1S/C38H72O14/c1-3-5-7-8-9-10-11-12-13-14-15-16-17-18-19-20-22-47-24-27(50-30(40)21-6-4-2)25-48-37-36(46)34(44)32(42)29(52-37)26-49-38-35(45)33(43)31(41)28(23-39)51-38/h27-29,31-39,41-46H,3-26H2,1-2H3. The van der Waals surface area contributed by atoms with E-state index >= 15 is 0 Å². The zero-order valence-electron chi connectivity index (χ0n) is 31.8. The van der Waals surface area contributed by atoms with Crippen LogP contribution in [0.3, 0.4) is 0 Å². The predicted octanol–water partition coefficient (Wildman–Crippen LogP) is 3.01. The Kier molecular flexibility index (Phi) is 25.8. The molecule has 0 bridgehead atoms. The minimum atomic E-state index is -1.70. The van der Waals surface area contributed by atoms with Crippen LogP contribution < -0.4 is 0 Å². The Morgan fingerprint density at radius 2 is 1.02 bits per heavy atom. The molecule has 2 heterocycles. The third kappa shape index (κ3) is 18.1. The van der Waals surface area contributed by atoms with Crippen molar-refractivity contribution in [1.82, 2.24) is 0 Å². The number of carbonyl (C=O) groups is 1. The monoisotopic (exact) mass is 752 g/mol. The summed E-state index contributed by atoms with van der Waals surface area (Å²) < 4.78 is 33.6. The highest BCUT2D eigenvalue weighted by Gasteiger charge is 2.47. The zero-order valence-corrected chi connectivity index (χ0v) is 31.8. The maximum Gasteiger partial charge on any atom is 0.306 e. The predicted molar refractivity (Wildman–Crippen MR) is 192 cm³/mol. The van der Waals surface area contributed by atoms with Gasteiger partial charge >= 0.3 is 5.97 Å². The van der Waals surface area contributed by atoms with E-state index in [0.717, 1.165) is 25.7 Å². The Labute approximate surface area is 311 Å². The van der Waals surface area contributed by atoms with Gasteiger partial charge in [-0.3, -0.25) is 4.79 Å². The lowest BCUT2D eigenvalue weighted by atomic mass is 9.98. The summed E-state index contributed by atoms with van der Waals surface area (Å²) in [4.78, 5) is 12.4. The van der Waals surface area contributed by atoms with Crippen LogP contribution in [0, 0.1) is 0 Å². The van der Waals surface area contributed by atoms with Crippen molar-refractivity contribution in [3.63, 3.8) is 0 Å². The minimum absolute atomic E-state index is 0.0637. The molecule has 2 fully saturated rings. The van der Waals surface area contributed by atoms with Crippen LogP contribution in [0.25, 0.3) is 0 Å². The lowest BCUT2D eigenvalue weighted by Gasteiger charge is -2.42. The second-order valence-electron chi connectivity index (χ2n) is 14.5. The van der Waals surface area contributed by atoms with Crippen molar-refractivity contribution in [2.24, 2.45) is 0 Å². The van der Waals surface area contributed by atoms with E-state index in [0.29, 0.717) is 13.0 Å². The molecule has 2 aliphatic rings. The second-order valence-corrected chi connectivity index (χ2v) is 14.5. The van der Waals surface area contributed by atoms with Crippen LogP contribution >= 0.6 is 0 Å². The van der Waals surface area contributed by atoms with E-state index in [1.165, 1.54) is 83.5 Å². The van der Waals surface area contributed by atoms with Crippen LogP contribution in [0.2, 0.25) is 0 Å². The highest BCUT2D eigenvalue weighted by Crippen LogP contribution is 2.26. The SMILES string of the molecule is CCCCCCCCCCCCCCCCCCOCC(COC1OC(COC2OC(CO)C(O)C(O)C2O)C(O)C(O)C1O)OC(=O)CCCC. The van der Waals surface area contributed by atoms with Crippen LogP contribution in [0.15, 0.2) is 0 Å². The highest BCUT2D eigenvalue weighted by molar-refractivity contribution is 5.69. The molecule has 11 atom stereocenters. The van der Waals surface area contributed by atoms with Crippen molar-refractivity contribution in [3.8, 4) is 0 Å². The largest absolute Gasteiger partial charge is 0.457 e. The van der Waals surface area contributed by atoms with Gasteiger partial charge in [-0.1, -0.05) is 117 Å². The van der Waals surface area contributed by atoms with Crippen LogP contribution in [0.5, 0.6) is 0 Å². The summed E-state index contributed by atoms with van der Waals surface area (Å²) in [5.74, 6) is -0.409. The molecule has 0 saturated carbocycles. The number of hydrogen-bond acceptors (Lipinski definition) is 14. The lowest BCUT2D eigenvalue weighted by Crippen LogP contribution is -2.61. The molecule has 308 valence electrons. The van der Waals surface area contributed by atoms with Crippen LogP contribution in [0.4, 0.5) is 0 Å². The first kappa shape index (κ1) is 47.1. The van der Waals surface area contributed by atoms with Crippen molar-refractivity contribution in [2.45, 2.75) is 203 Å². The molecule has 11 unspecified atom stereocenters. The van der Waals surface area contributed by atoms with E-state index in [1.807, 2.05) is 6.92 Å². The van der Waals surface area contributed by atoms with Gasteiger partial charge < -0.3 is 64.2 Å². The van der Waals surface area contributed by atoms with E-state index < -0.39 is 86.7 Å². The number of aliphatic hydroxyl groups excluding tert-OH is 7. The van der Waals surface area contributed by atoms with Crippen molar-refractivity contribution in [3.05, 3.63) is 0 Å². The van der Waals surface area contributed by atoms with Gasteiger partial charge in [-0.25, -0.2) is 0 Å². The highest BCUT2D eigenvalue weighted by atomic mass is 16.7. The molecule has 0 aliphatic carbocycles. The molecule has 0 aromatic rings. The number of esters is 1. The van der Waals surface area contributed by atoms with Gasteiger partial charge in [0.05, 0.1) is 26.4 Å². The van der Waals surface area contributed by atoms with E-state index in [-0.39, 0.29) is 19.6 Å². The first-order valence-electron chi connectivity index (χ1n) is 20.1. The molecule has 0 amide bonds. The smallest absolute Gasteiger partial charge is 0.306 e. The number of rotatable bonds is 30. The molecule has 14 heteroatoms. The molecule has 0 radical (unpaired) electrons. The minimum Gasteiger partial charge on any atom is -0.457 e. The number of carbonyl (C=O) groups excluding carboxylic acids is 1. The number of hydrogen-bond donors (Lipinski definition) is 7. The normalized spacial score (nSPS) is 30.0. The summed E-state index contributed by atoms with van der Waals surface area (Å²) in [5.41, 5.74) is 0. The van der Waals surface area contributed by atoms with Crippen LogP contribution in [-0.2, 0) is 33.2 Å². The summed E-state index contributed by atoms with van der Waals surface area (Å²) in [6.07, 6.45) is 6.02. The molecule has 0 spiro atoms. The van der Waals surface area contributed by atoms with E-state index in [2.05, 4.69) is 6.92 Å². The molecule has 2 aliphatic heterocycles. The molecule has 7 N–H and O–H groups in total. The Morgan fingerprint density at radius 3 is 1.54 bits per heavy atom. The molecule has 0 aromatic carbocycles. The van der Waals surface area contributed by atoms with Gasteiger partial charge in [-0.15, -0.1) is 0 Å². The maximum atomic E-state index is 12.4. The molecule has 2 rings (SSSR count). The third-order valence-corrected chi connectivity index (χ3v) is 9.87. The summed E-state index contributed by atoms with van der Waals surface area (Å²) in [5, 5.41) is 71.2. The van der Waals surface area contributed by atoms with Gasteiger partial charge in [0.25, 0.3) is 0 Å². The van der Waals surface area contributed by atoms with Crippen molar-refractivity contribution in [2.75, 3.05) is 33.0 Å². The van der Waals surface area contributed by atoms with E-state index in [1.54, 1.807) is 0 Å². The van der Waals surface area contributed by atoms with E-state index in [4.69, 9.17) is 28.4 Å². The van der Waals surface area contributed by atoms with Gasteiger partial charge in [0.2, 0.25) is 0 Å². The van der Waals surface area contributed by atoms with Gasteiger partial charge in [0.1, 0.15) is 54.9 Å². The summed E-state index contributed by atoms with van der Waals surface area (Å²) in [6, 6.07) is 0. The van der Waals surface area contributed by atoms with Gasteiger partial charge in [-0.05, 0) is 12.8 Å². The third-order valence-electron chi connectivity index (χ3n) is 9.87. The number of unbranched alkanes of at least 4 members (excludes halogenated alkanes) is 16. The first-order valence-corrected chi connectivity index (χ1v) is 20.1. The fourth-order valence-electron chi connectivity index (χ4n) is 6.44. The fourth-order valence-corrected chi connectivity index (χ4v) is 6.44. The number of ether oxygens (including phenoxy) is 6. The topological polar surface area (TPSA) is 214 Å². The average molecular weight is 753 g/mol. The molecular formula is C38H72O14. The summed E-state index contributed by atoms with van der Waals surface area (Å²) in [7, 11) is 0. The summed E-state index contributed by atoms with van der Waals surface area (Å²) in [6.45, 7) is 3.43.